The number of aldehydes is 1. The van der Waals surface area contributed by atoms with E-state index in [9.17, 15) is 29.4 Å². The highest BCUT2D eigenvalue weighted by Gasteiger charge is 2.69. The van der Waals surface area contributed by atoms with Gasteiger partial charge in [0.25, 0.3) is 0 Å². The van der Waals surface area contributed by atoms with Crippen molar-refractivity contribution in [2.45, 2.75) is 173 Å². The molecule has 4 rings (SSSR count). The molecular formula is C48H75NO9. The minimum atomic E-state index is -1.30. The van der Waals surface area contributed by atoms with Gasteiger partial charge in [-0.25, -0.2) is 0 Å². The number of hydrogen-bond donors (Lipinski definition) is 3. The first-order valence-corrected chi connectivity index (χ1v) is 22.2. The molecule has 0 aromatic heterocycles. The Kier molecular flexibility index (Phi) is 21.0. The third-order valence-electron chi connectivity index (χ3n) is 12.9. The Morgan fingerprint density at radius 2 is 1.69 bits per heavy atom. The summed E-state index contributed by atoms with van der Waals surface area (Å²) in [6.07, 6.45) is 31.5. The topological polar surface area (TPSA) is 162 Å². The third-order valence-corrected chi connectivity index (χ3v) is 12.9. The van der Waals surface area contributed by atoms with Gasteiger partial charge in [-0.3, -0.25) is 14.4 Å². The highest BCUT2D eigenvalue weighted by molar-refractivity contribution is 6.01. The van der Waals surface area contributed by atoms with Crippen molar-refractivity contribution in [2.24, 2.45) is 28.9 Å². The Morgan fingerprint density at radius 3 is 2.36 bits per heavy atom. The van der Waals surface area contributed by atoms with E-state index < -0.39 is 28.6 Å². The molecular weight excluding hydrogens is 735 g/mol. The van der Waals surface area contributed by atoms with Crippen LogP contribution in [0.15, 0.2) is 60.4 Å². The summed E-state index contributed by atoms with van der Waals surface area (Å²) in [5.41, 5.74) is 5.40. The number of aliphatic hydroxyl groups is 2. The maximum absolute atomic E-state index is 12.5. The number of ketones is 2. The summed E-state index contributed by atoms with van der Waals surface area (Å²) in [5.74, 6) is -0.839. The van der Waals surface area contributed by atoms with Crippen molar-refractivity contribution in [3.63, 3.8) is 0 Å². The number of unbranched alkanes of at least 4 members (excludes halogenated alkanes) is 8. The highest BCUT2D eigenvalue weighted by Crippen LogP contribution is 2.63. The fourth-order valence-electron chi connectivity index (χ4n) is 9.89. The second-order valence-electron chi connectivity index (χ2n) is 17.2. The number of rotatable bonds is 25. The van der Waals surface area contributed by atoms with Crippen LogP contribution in [0.5, 0.6) is 0 Å². The fourth-order valence-corrected chi connectivity index (χ4v) is 9.89. The van der Waals surface area contributed by atoms with Gasteiger partial charge in [0.05, 0.1) is 17.5 Å². The first kappa shape index (κ1) is 49.2. The van der Waals surface area contributed by atoms with Crippen LogP contribution >= 0.6 is 0 Å². The fraction of sp³-hybridized carbons (Fsp3) is 0.708. The van der Waals surface area contributed by atoms with Gasteiger partial charge in [-0.2, -0.15) is 0 Å². The van der Waals surface area contributed by atoms with Gasteiger partial charge in [0, 0.05) is 61.5 Å². The number of Topliss-reactive ketones (excluding diaryl/α,β-unsaturated/α-hetero) is 1. The number of fused-ring (bicyclic) bond motifs is 5. The van der Waals surface area contributed by atoms with Crippen LogP contribution < -0.4 is 5.73 Å². The lowest BCUT2D eigenvalue weighted by Gasteiger charge is -2.63. The van der Waals surface area contributed by atoms with Crippen LogP contribution in [-0.4, -0.2) is 77.7 Å². The number of carbonyl (C=O) groups is 4. The van der Waals surface area contributed by atoms with Crippen molar-refractivity contribution < 1.29 is 43.6 Å². The third kappa shape index (κ3) is 13.7. The van der Waals surface area contributed by atoms with Crippen molar-refractivity contribution >= 4 is 23.8 Å². The van der Waals surface area contributed by atoms with Gasteiger partial charge < -0.3 is 35.0 Å². The molecule has 6 unspecified atom stereocenters. The average Bonchev–Trinajstić information content (AvgIpc) is 3.55. The lowest BCUT2D eigenvalue weighted by Crippen LogP contribution is -2.73. The van der Waals surface area contributed by atoms with Gasteiger partial charge in [0.2, 0.25) is 0 Å². The summed E-state index contributed by atoms with van der Waals surface area (Å²) >= 11 is 0. The zero-order valence-electron chi connectivity index (χ0n) is 36.1. The summed E-state index contributed by atoms with van der Waals surface area (Å²) in [7, 11) is 1.47. The first-order chi connectivity index (χ1) is 27.8. The van der Waals surface area contributed by atoms with E-state index in [2.05, 4.69) is 37.8 Å². The van der Waals surface area contributed by atoms with E-state index in [0.717, 1.165) is 44.0 Å². The minimum Gasteiger partial charge on any atom is -0.495 e. The Bertz CT molecular complexity index is 1470. The van der Waals surface area contributed by atoms with E-state index in [1.54, 1.807) is 12.2 Å². The van der Waals surface area contributed by atoms with Gasteiger partial charge in [-0.1, -0.05) is 95.4 Å². The maximum atomic E-state index is 12.5. The van der Waals surface area contributed by atoms with Crippen LogP contribution in [0.25, 0.3) is 0 Å². The van der Waals surface area contributed by atoms with Crippen LogP contribution in [0.4, 0.5) is 0 Å². The summed E-state index contributed by atoms with van der Waals surface area (Å²) in [4.78, 5) is 46.7. The molecule has 0 saturated heterocycles. The summed E-state index contributed by atoms with van der Waals surface area (Å²) in [5, 5.41) is 22.7. The van der Waals surface area contributed by atoms with Gasteiger partial charge in [-0.05, 0) is 82.8 Å². The predicted octanol–water partition coefficient (Wildman–Crippen LogP) is 8.53. The molecule has 3 saturated carbocycles. The van der Waals surface area contributed by atoms with Crippen LogP contribution in [0.1, 0.15) is 149 Å². The van der Waals surface area contributed by atoms with Crippen molar-refractivity contribution in [3.05, 3.63) is 60.4 Å². The molecule has 0 aromatic carbocycles. The van der Waals surface area contributed by atoms with Crippen molar-refractivity contribution in [1.29, 1.82) is 0 Å². The molecule has 4 N–H and O–H groups in total. The number of esters is 1. The largest absolute Gasteiger partial charge is 0.495 e. The van der Waals surface area contributed by atoms with Crippen molar-refractivity contribution in [1.82, 2.24) is 0 Å². The Labute approximate surface area is 348 Å². The van der Waals surface area contributed by atoms with E-state index in [1.807, 2.05) is 19.9 Å². The normalized spacial score (nSPS) is 29.2. The first-order valence-electron chi connectivity index (χ1n) is 22.2. The number of aliphatic hydroxyl groups excluding tert-OH is 1. The van der Waals surface area contributed by atoms with E-state index in [1.165, 1.54) is 45.6 Å². The predicted molar refractivity (Wildman–Crippen MR) is 229 cm³/mol. The molecule has 10 heteroatoms. The molecule has 0 aromatic rings. The molecule has 0 spiro atoms. The SMILES string of the molecule is C=C(CCC=O)OCC(CC)OC(=O)CCCCCCC/C=C\C/C=C\CCCCC.COCC(=O)C1CCC2C1(O)C[C@H](O)C1C3(C)C=CC(=O)C=C3CC[C@]12N. The van der Waals surface area contributed by atoms with Crippen molar-refractivity contribution in [2.75, 3.05) is 20.3 Å². The van der Waals surface area contributed by atoms with Crippen LogP contribution in [-0.2, 0) is 33.4 Å². The molecule has 0 radical (unpaired) electrons. The zero-order valence-corrected chi connectivity index (χ0v) is 36.1. The monoisotopic (exact) mass is 810 g/mol. The van der Waals surface area contributed by atoms with E-state index in [4.69, 9.17) is 19.9 Å². The van der Waals surface area contributed by atoms with E-state index >= 15 is 0 Å². The average molecular weight is 810 g/mol. The number of ether oxygens (including phenoxy) is 3. The molecule has 0 bridgehead atoms. The Balaban J connectivity index is 0.000000312. The molecule has 0 aliphatic heterocycles. The standard InChI is InChI=1S/C27H46O4.C21H29NO5/c1-4-6-7-8-9-10-11-12-13-14-15-16-17-18-19-22-27(29)31-26(5-2)24-30-25(3)21-20-23-28;1-19-7-6-13(23)9-12(19)5-8-20(22)17-4-3-14(16(25)11-27-2)21(17,26)10-15(24)18(19)20/h9-10,12-13,23,26H,3-8,11,14-22,24H2,1-2H3;6-7,9,14-15,17-18,24,26H,3-5,8,10-11,22H2,1-2H3/b10-9-,13-12-;/t;14?,15-,17?,18?,19?,20+,21?/m.0/s1. The quantitative estimate of drug-likeness (QED) is 0.0268. The number of allylic oxidation sites excluding steroid dienone is 9. The summed E-state index contributed by atoms with van der Waals surface area (Å²) in [6.45, 7) is 10.3. The second-order valence-corrected chi connectivity index (χ2v) is 17.2. The van der Waals surface area contributed by atoms with Crippen LogP contribution in [0, 0.1) is 23.2 Å². The van der Waals surface area contributed by atoms with Crippen molar-refractivity contribution in [3.8, 4) is 0 Å². The molecule has 3 fully saturated rings. The lowest BCUT2D eigenvalue weighted by molar-refractivity contribution is -0.181. The van der Waals surface area contributed by atoms with Gasteiger partial charge in [0.15, 0.2) is 11.6 Å². The van der Waals surface area contributed by atoms with Crippen LogP contribution in [0.2, 0.25) is 0 Å². The highest BCUT2D eigenvalue weighted by atomic mass is 16.6. The Hall–Kier alpha value is -3.18. The van der Waals surface area contributed by atoms with E-state index in [0.29, 0.717) is 63.7 Å². The van der Waals surface area contributed by atoms with Gasteiger partial charge >= 0.3 is 5.97 Å². The maximum Gasteiger partial charge on any atom is 0.306 e. The Morgan fingerprint density at radius 1 is 1.00 bits per heavy atom. The molecule has 4 aliphatic carbocycles. The zero-order chi connectivity index (χ0) is 42.6. The van der Waals surface area contributed by atoms with E-state index in [-0.39, 0.29) is 48.5 Å². The molecule has 0 amide bonds. The molecule has 4 aliphatic rings. The van der Waals surface area contributed by atoms with Crippen LogP contribution in [0.3, 0.4) is 0 Å². The summed E-state index contributed by atoms with van der Waals surface area (Å²) < 4.78 is 16.0. The molecule has 10 nitrogen and oxygen atoms in total. The number of nitrogens with two attached hydrogens (primary N) is 1. The number of carbonyl (C=O) groups excluding carboxylic acids is 4. The minimum absolute atomic E-state index is 0.0279. The second kappa shape index (κ2) is 24.8. The number of methoxy groups -OCH3 is 1. The van der Waals surface area contributed by atoms with Gasteiger partial charge in [-0.15, -0.1) is 0 Å². The summed E-state index contributed by atoms with van der Waals surface area (Å²) in [6, 6.07) is 0. The number of hydrogen-bond acceptors (Lipinski definition) is 10. The lowest BCUT2D eigenvalue weighted by atomic mass is 9.45. The molecule has 58 heavy (non-hydrogen) atoms. The smallest absolute Gasteiger partial charge is 0.306 e. The van der Waals surface area contributed by atoms with Gasteiger partial charge in [0.1, 0.15) is 25.6 Å². The molecule has 326 valence electrons. The molecule has 8 atom stereocenters. The molecule has 0 heterocycles.